The maximum absolute atomic E-state index is 14.7. The molecule has 3 rings (SSSR count). The van der Waals surface area contributed by atoms with E-state index >= 15 is 0 Å². The van der Waals surface area contributed by atoms with Gasteiger partial charge in [0.1, 0.15) is 23.9 Å². The molecule has 0 saturated carbocycles. The molecule has 5 N–H and O–H groups in total. The first kappa shape index (κ1) is 32.6. The van der Waals surface area contributed by atoms with E-state index in [0.29, 0.717) is 6.42 Å². The van der Waals surface area contributed by atoms with Gasteiger partial charge in [-0.2, -0.15) is 13.2 Å². The average Bonchev–Trinajstić information content (AvgIpc) is 2.96. The highest BCUT2D eigenvalue weighted by molar-refractivity contribution is 5.95. The predicted octanol–water partition coefficient (Wildman–Crippen LogP) is 4.08. The highest BCUT2D eigenvalue weighted by atomic mass is 19.4. The lowest BCUT2D eigenvalue weighted by Crippen LogP contribution is -2.52. The Hall–Kier alpha value is -3.94. The van der Waals surface area contributed by atoms with Gasteiger partial charge in [-0.1, -0.05) is 6.92 Å². The van der Waals surface area contributed by atoms with Crippen LogP contribution in [0.25, 0.3) is 11.3 Å². The van der Waals surface area contributed by atoms with E-state index in [1.54, 1.807) is 6.92 Å². The summed E-state index contributed by atoms with van der Waals surface area (Å²) in [7, 11) is 1.31. The van der Waals surface area contributed by atoms with Crippen LogP contribution in [0.15, 0.2) is 48.5 Å². The summed E-state index contributed by atoms with van der Waals surface area (Å²) in [5.74, 6) is -1.57. The smallest absolute Gasteiger partial charge is 0.424 e. The van der Waals surface area contributed by atoms with Crippen LogP contribution in [0.1, 0.15) is 41.9 Å². The fourth-order valence-corrected chi connectivity index (χ4v) is 3.92. The van der Waals surface area contributed by atoms with E-state index in [0.717, 1.165) is 12.1 Å². The Morgan fingerprint density at radius 3 is 2.36 bits per heavy atom. The number of hydrogen-bond donors (Lipinski definition) is 4. The van der Waals surface area contributed by atoms with Crippen LogP contribution < -0.4 is 25.3 Å². The molecule has 0 fully saturated rings. The summed E-state index contributed by atoms with van der Waals surface area (Å²) in [6.45, 7) is 1.61. The molecule has 0 bridgehead atoms. The first-order chi connectivity index (χ1) is 19.8. The number of nitrogens with two attached hydrogens (primary N) is 1. The predicted molar refractivity (Wildman–Crippen MR) is 146 cm³/mol. The minimum absolute atomic E-state index is 0.00114. The Morgan fingerprint density at radius 1 is 1.10 bits per heavy atom. The van der Waals surface area contributed by atoms with Gasteiger partial charge in [0.15, 0.2) is 11.5 Å². The number of methoxy groups -OCH3 is 1. The van der Waals surface area contributed by atoms with Gasteiger partial charge in [-0.25, -0.2) is 9.37 Å². The molecule has 0 aliphatic heterocycles. The molecular weight excluding hydrogens is 562 g/mol. The number of alkyl halides is 3. The summed E-state index contributed by atoms with van der Waals surface area (Å²) in [4.78, 5) is 17.1. The Labute approximate surface area is 240 Å². The van der Waals surface area contributed by atoms with Crippen molar-refractivity contribution in [1.29, 1.82) is 0 Å². The maximum Gasteiger partial charge on any atom is 0.424 e. The van der Waals surface area contributed by atoms with Crippen LogP contribution in [0, 0.1) is 5.82 Å². The van der Waals surface area contributed by atoms with Crippen molar-refractivity contribution in [2.45, 2.75) is 44.7 Å². The van der Waals surface area contributed by atoms with E-state index < -0.39 is 41.8 Å². The molecule has 2 unspecified atom stereocenters. The minimum atomic E-state index is -5.33. The third-order valence-corrected chi connectivity index (χ3v) is 6.13. The number of rotatable bonds is 13. The number of halogens is 4. The van der Waals surface area contributed by atoms with Gasteiger partial charge in [-0.05, 0) is 61.9 Å². The van der Waals surface area contributed by atoms with Crippen LogP contribution in [0.4, 0.5) is 17.6 Å². The SMILES string of the molecule is CCCOc1c(CN)cc(-c2ccc(F)cc2)nc1C(O)(CNC(=O)c1ccc(OCC(C)O)c(OC)c1)C(F)(F)F. The van der Waals surface area contributed by atoms with Crippen molar-refractivity contribution in [3.05, 3.63) is 71.2 Å². The molecule has 2 aromatic carbocycles. The van der Waals surface area contributed by atoms with Crippen molar-refractivity contribution in [3.8, 4) is 28.5 Å². The van der Waals surface area contributed by atoms with E-state index in [1.807, 2.05) is 0 Å². The molecule has 13 heteroatoms. The zero-order valence-electron chi connectivity index (χ0n) is 23.3. The largest absolute Gasteiger partial charge is 0.493 e. The fraction of sp³-hybridized carbons (Fsp3) is 0.379. The number of nitrogens with one attached hydrogen (secondary N) is 1. The number of nitrogens with zero attached hydrogens (tertiary/aromatic N) is 1. The van der Waals surface area contributed by atoms with Gasteiger partial charge in [0, 0.05) is 23.2 Å². The second-order valence-corrected chi connectivity index (χ2v) is 9.47. The van der Waals surface area contributed by atoms with Crippen molar-refractivity contribution in [1.82, 2.24) is 10.3 Å². The number of ether oxygens (including phenoxy) is 3. The summed E-state index contributed by atoms with van der Waals surface area (Å²) < 4.78 is 73.7. The van der Waals surface area contributed by atoms with Crippen molar-refractivity contribution >= 4 is 5.91 Å². The lowest BCUT2D eigenvalue weighted by molar-refractivity contribution is -0.265. The van der Waals surface area contributed by atoms with Crippen molar-refractivity contribution in [3.63, 3.8) is 0 Å². The second kappa shape index (κ2) is 13.8. The van der Waals surface area contributed by atoms with Crippen LogP contribution in [0.5, 0.6) is 17.2 Å². The molecular formula is C29H33F4N3O6. The molecule has 1 aromatic heterocycles. The number of benzene rings is 2. The topological polar surface area (TPSA) is 136 Å². The second-order valence-electron chi connectivity index (χ2n) is 9.47. The highest BCUT2D eigenvalue weighted by Gasteiger charge is 2.58. The molecule has 1 amide bonds. The Bertz CT molecular complexity index is 1370. The minimum Gasteiger partial charge on any atom is -0.493 e. The van der Waals surface area contributed by atoms with Crippen molar-refractivity contribution < 1.29 is 46.8 Å². The molecule has 42 heavy (non-hydrogen) atoms. The van der Waals surface area contributed by atoms with Gasteiger partial charge in [-0.3, -0.25) is 4.79 Å². The highest BCUT2D eigenvalue weighted by Crippen LogP contribution is 2.44. The molecule has 9 nitrogen and oxygen atoms in total. The van der Waals surface area contributed by atoms with Gasteiger partial charge >= 0.3 is 6.18 Å². The standard InChI is InChI=1S/C29H33F4N3O6/c1-4-11-41-25-20(14-34)12-22(18-5-8-21(30)9-6-18)36-26(25)28(39,29(31,32)33)16-35-27(38)19-7-10-23(24(13-19)40-3)42-15-17(2)37/h5-10,12-13,17,37,39H,4,11,14-16,34H2,1-3H3,(H,35,38). The van der Waals surface area contributed by atoms with Crippen LogP contribution in [-0.2, 0) is 12.1 Å². The van der Waals surface area contributed by atoms with E-state index in [1.165, 1.54) is 50.4 Å². The summed E-state index contributed by atoms with van der Waals surface area (Å²) >= 11 is 0. The molecule has 0 radical (unpaired) electrons. The lowest BCUT2D eigenvalue weighted by atomic mass is 9.93. The van der Waals surface area contributed by atoms with Crippen LogP contribution in [-0.4, -0.2) is 60.3 Å². The molecule has 3 aromatic rings. The molecule has 0 aliphatic carbocycles. The number of aromatic nitrogens is 1. The van der Waals surface area contributed by atoms with Crippen LogP contribution >= 0.6 is 0 Å². The maximum atomic E-state index is 14.7. The number of pyridine rings is 1. The summed E-state index contributed by atoms with van der Waals surface area (Å²) in [6, 6.07) is 10.2. The van der Waals surface area contributed by atoms with E-state index in [9.17, 15) is 32.6 Å². The van der Waals surface area contributed by atoms with Gasteiger partial charge < -0.3 is 35.5 Å². The van der Waals surface area contributed by atoms with E-state index in [2.05, 4.69) is 10.3 Å². The zero-order chi connectivity index (χ0) is 31.1. The number of aliphatic hydroxyl groups is 2. The molecule has 0 saturated heterocycles. The first-order valence-corrected chi connectivity index (χ1v) is 13.0. The number of carbonyl (C=O) groups is 1. The zero-order valence-corrected chi connectivity index (χ0v) is 23.3. The lowest BCUT2D eigenvalue weighted by Gasteiger charge is -2.32. The van der Waals surface area contributed by atoms with Gasteiger partial charge in [0.05, 0.1) is 32.1 Å². The van der Waals surface area contributed by atoms with Gasteiger partial charge in [0.2, 0.25) is 5.60 Å². The number of hydrogen-bond acceptors (Lipinski definition) is 8. The first-order valence-electron chi connectivity index (χ1n) is 13.0. The molecule has 2 atom stereocenters. The van der Waals surface area contributed by atoms with E-state index in [-0.39, 0.29) is 59.4 Å². The number of amides is 1. The van der Waals surface area contributed by atoms with Crippen molar-refractivity contribution in [2.75, 3.05) is 26.9 Å². The average molecular weight is 596 g/mol. The summed E-state index contributed by atoms with van der Waals surface area (Å²) in [5.41, 5.74) is 1.54. The molecule has 1 heterocycles. The van der Waals surface area contributed by atoms with Crippen molar-refractivity contribution in [2.24, 2.45) is 5.73 Å². The third-order valence-electron chi connectivity index (χ3n) is 6.13. The third kappa shape index (κ3) is 7.46. The Balaban J connectivity index is 2.04. The quantitative estimate of drug-likeness (QED) is 0.217. The summed E-state index contributed by atoms with van der Waals surface area (Å²) in [5, 5.41) is 22.8. The number of carbonyl (C=O) groups excluding carboxylic acids is 1. The number of aliphatic hydroxyl groups excluding tert-OH is 1. The van der Waals surface area contributed by atoms with E-state index in [4.69, 9.17) is 19.9 Å². The van der Waals surface area contributed by atoms with Gasteiger partial charge in [-0.15, -0.1) is 0 Å². The monoisotopic (exact) mass is 595 g/mol. The Kier molecular flexibility index (Phi) is 10.7. The van der Waals surface area contributed by atoms with Crippen LogP contribution in [0.2, 0.25) is 0 Å². The molecule has 0 aliphatic rings. The van der Waals surface area contributed by atoms with Crippen LogP contribution in [0.3, 0.4) is 0 Å². The summed E-state index contributed by atoms with van der Waals surface area (Å²) in [6.07, 6.45) is -5.68. The normalized spacial score (nSPS) is 13.7. The molecule has 0 spiro atoms. The fourth-order valence-electron chi connectivity index (χ4n) is 3.92. The Morgan fingerprint density at radius 2 is 1.79 bits per heavy atom. The van der Waals surface area contributed by atoms with Gasteiger partial charge in [0.25, 0.3) is 5.91 Å². The molecule has 228 valence electrons.